The lowest BCUT2D eigenvalue weighted by molar-refractivity contribution is -0.214. The third-order valence-electron chi connectivity index (χ3n) is 13.7. The van der Waals surface area contributed by atoms with Crippen molar-refractivity contribution in [1.29, 1.82) is 0 Å². The van der Waals surface area contributed by atoms with Crippen molar-refractivity contribution in [3.63, 3.8) is 0 Å². The van der Waals surface area contributed by atoms with Gasteiger partial charge in [-0.05, 0) is 104 Å². The second-order valence-electron chi connectivity index (χ2n) is 15.2. The Hall–Kier alpha value is -2.48. The van der Waals surface area contributed by atoms with Crippen LogP contribution in [0, 0.1) is 63.2 Å². The number of allylic oxidation sites excluding steroid dienone is 3. The summed E-state index contributed by atoms with van der Waals surface area (Å²) in [6.07, 6.45) is 15.6. The molecule has 39 heavy (non-hydrogen) atoms. The fraction of sp³-hybridized carbons (Fsp3) is 0.706. The molecule has 0 amide bonds. The van der Waals surface area contributed by atoms with Gasteiger partial charge in [0.15, 0.2) is 5.78 Å². The minimum atomic E-state index is -0.516. The SMILES string of the molecule is [C-]#[N+]C1=C[C@]2(C)[C@H]3CC[C@@H]4[C@H]5[C@H](C(=C)C)CC[C@]5(C(=O)n5ccnc5)CC[C@@]4(C)[C@]3(C)CC[C@H]2C(C)(C)C1=O. The molecule has 0 N–H and O–H groups in total. The number of carbonyl (C=O) groups excluding carboxylic acids is 2. The van der Waals surface area contributed by atoms with Crippen LogP contribution in [0.3, 0.4) is 0 Å². The minimum absolute atomic E-state index is 0.0270. The summed E-state index contributed by atoms with van der Waals surface area (Å²) in [4.78, 5) is 35.5. The van der Waals surface area contributed by atoms with E-state index in [9.17, 15) is 9.59 Å². The largest absolute Gasteiger partial charge is 0.307 e. The van der Waals surface area contributed by atoms with E-state index in [-0.39, 0.29) is 39.3 Å². The third-order valence-corrected chi connectivity index (χ3v) is 13.7. The third kappa shape index (κ3) is 3.15. The van der Waals surface area contributed by atoms with Gasteiger partial charge in [0.1, 0.15) is 6.33 Å². The molecule has 0 radical (unpaired) electrons. The number of carbonyl (C=O) groups is 2. The number of rotatable bonds is 2. The Morgan fingerprint density at radius 3 is 2.41 bits per heavy atom. The Kier molecular flexibility index (Phi) is 5.67. The highest BCUT2D eigenvalue weighted by Crippen LogP contribution is 2.77. The number of hydrogen-bond acceptors (Lipinski definition) is 3. The van der Waals surface area contributed by atoms with Gasteiger partial charge in [-0.2, -0.15) is 0 Å². The molecule has 0 spiro atoms. The van der Waals surface area contributed by atoms with Crippen molar-refractivity contribution >= 4 is 11.7 Å². The summed E-state index contributed by atoms with van der Waals surface area (Å²) in [5.74, 6) is 2.04. The number of aromatic nitrogens is 2. The van der Waals surface area contributed by atoms with Crippen molar-refractivity contribution in [1.82, 2.24) is 9.55 Å². The first-order chi connectivity index (χ1) is 18.3. The lowest BCUT2D eigenvalue weighted by atomic mass is 9.33. The van der Waals surface area contributed by atoms with Gasteiger partial charge in [0.05, 0.1) is 12.0 Å². The molecule has 0 aliphatic heterocycles. The van der Waals surface area contributed by atoms with E-state index >= 15 is 0 Å². The second kappa shape index (κ2) is 8.27. The van der Waals surface area contributed by atoms with Crippen LogP contribution in [-0.4, -0.2) is 21.2 Å². The first-order valence-electron chi connectivity index (χ1n) is 15.1. The van der Waals surface area contributed by atoms with Crippen LogP contribution < -0.4 is 0 Å². The number of Topliss-reactive ketones (excluding diaryl/α,β-unsaturated/α-hetero) is 1. The molecule has 9 atom stereocenters. The molecule has 6 rings (SSSR count). The topological polar surface area (TPSA) is 56.3 Å². The first kappa shape index (κ1) is 26.7. The summed E-state index contributed by atoms with van der Waals surface area (Å²) in [6, 6.07) is 0. The smallest absolute Gasteiger partial charge is 0.238 e. The Morgan fingerprint density at radius 1 is 1.03 bits per heavy atom. The molecule has 1 aromatic heterocycles. The predicted molar refractivity (Wildman–Crippen MR) is 152 cm³/mol. The summed E-state index contributed by atoms with van der Waals surface area (Å²) >= 11 is 0. The normalized spacial score (nSPS) is 46.1. The lowest BCUT2D eigenvalue weighted by Gasteiger charge is -2.71. The number of nitrogens with zero attached hydrogens (tertiary/aromatic N) is 3. The zero-order valence-electron chi connectivity index (χ0n) is 24.7. The Balaban J connectivity index is 1.45. The molecule has 5 aliphatic carbocycles. The van der Waals surface area contributed by atoms with Crippen LogP contribution in [0.4, 0.5) is 0 Å². The van der Waals surface area contributed by atoms with Crippen molar-refractivity contribution in [2.24, 2.45) is 56.7 Å². The van der Waals surface area contributed by atoms with E-state index in [0.717, 1.165) is 51.4 Å². The second-order valence-corrected chi connectivity index (χ2v) is 15.2. The minimum Gasteiger partial charge on any atom is -0.307 e. The Bertz CT molecular complexity index is 1320. The van der Waals surface area contributed by atoms with E-state index in [1.54, 1.807) is 17.1 Å². The summed E-state index contributed by atoms with van der Waals surface area (Å²) in [5.41, 5.74) is 0.693. The van der Waals surface area contributed by atoms with Crippen molar-refractivity contribution in [2.45, 2.75) is 92.9 Å². The quantitative estimate of drug-likeness (QED) is 0.292. The van der Waals surface area contributed by atoms with Gasteiger partial charge < -0.3 is 4.79 Å². The summed E-state index contributed by atoms with van der Waals surface area (Å²) < 4.78 is 1.74. The van der Waals surface area contributed by atoms with Crippen LogP contribution in [0.2, 0.25) is 0 Å². The lowest BCUT2D eigenvalue weighted by Crippen LogP contribution is -2.66. The molecule has 0 saturated heterocycles. The maximum absolute atomic E-state index is 14.2. The van der Waals surface area contributed by atoms with Crippen molar-refractivity contribution in [3.05, 3.63) is 54.1 Å². The van der Waals surface area contributed by atoms with Crippen LogP contribution in [0.5, 0.6) is 0 Å². The molecule has 0 aromatic carbocycles. The zero-order valence-corrected chi connectivity index (χ0v) is 24.7. The van der Waals surface area contributed by atoms with Crippen LogP contribution in [0.15, 0.2) is 42.6 Å². The molecule has 0 bridgehead atoms. The number of fused-ring (bicyclic) bond motifs is 7. The van der Waals surface area contributed by atoms with Crippen LogP contribution in [0.1, 0.15) is 97.7 Å². The van der Waals surface area contributed by atoms with Crippen LogP contribution in [0.25, 0.3) is 4.85 Å². The van der Waals surface area contributed by atoms with E-state index in [1.165, 1.54) is 5.57 Å². The van der Waals surface area contributed by atoms with Gasteiger partial charge in [0, 0.05) is 17.8 Å². The molecular weight excluding hydrogens is 482 g/mol. The van der Waals surface area contributed by atoms with Gasteiger partial charge in [0.2, 0.25) is 11.6 Å². The molecular formula is C34H45N3O2. The average Bonchev–Trinajstić information content (AvgIpc) is 3.55. The molecule has 4 saturated carbocycles. The van der Waals surface area contributed by atoms with Gasteiger partial charge in [-0.1, -0.05) is 52.8 Å². The number of hydrogen-bond donors (Lipinski definition) is 0. The first-order valence-corrected chi connectivity index (χ1v) is 15.1. The van der Waals surface area contributed by atoms with Gasteiger partial charge in [0.25, 0.3) is 0 Å². The molecule has 5 nitrogen and oxygen atoms in total. The highest BCUT2D eigenvalue weighted by atomic mass is 16.2. The number of ketones is 1. The standard InChI is InChI=1S/C34H45N3O2/c1-21(2)22-11-14-34(29(39)37-18-17-36-20-37)16-15-32(6)23(27(22)34)9-10-26-31(5)19-24(35-8)28(38)30(3,4)25(31)12-13-33(26,32)7/h17-20,22-23,25-27H,1,9-16H2,2-7H3/t22-,23+,25-,26+,27+,31-,32+,33+,34-/m0/s1. The van der Waals surface area contributed by atoms with Crippen molar-refractivity contribution in [2.75, 3.05) is 0 Å². The maximum atomic E-state index is 14.2. The van der Waals surface area contributed by atoms with E-state index in [4.69, 9.17) is 6.57 Å². The highest BCUT2D eigenvalue weighted by molar-refractivity contribution is 6.02. The molecule has 1 aromatic rings. The molecule has 5 aliphatic rings. The van der Waals surface area contributed by atoms with Crippen LogP contribution in [-0.2, 0) is 4.79 Å². The van der Waals surface area contributed by atoms with E-state index < -0.39 is 5.41 Å². The van der Waals surface area contributed by atoms with Gasteiger partial charge >= 0.3 is 0 Å². The summed E-state index contributed by atoms with van der Waals surface area (Å²) in [5, 5.41) is 0. The summed E-state index contributed by atoms with van der Waals surface area (Å²) in [6.45, 7) is 26.1. The molecule has 0 unspecified atom stereocenters. The van der Waals surface area contributed by atoms with Crippen molar-refractivity contribution in [3.8, 4) is 0 Å². The molecule has 208 valence electrons. The molecule has 5 heteroatoms. The van der Waals surface area contributed by atoms with E-state index in [2.05, 4.69) is 64.0 Å². The highest BCUT2D eigenvalue weighted by Gasteiger charge is 2.71. The fourth-order valence-electron chi connectivity index (χ4n) is 11.7. The fourth-order valence-corrected chi connectivity index (χ4v) is 11.7. The zero-order chi connectivity index (χ0) is 28.2. The molecule has 4 fully saturated rings. The van der Waals surface area contributed by atoms with E-state index in [0.29, 0.717) is 29.4 Å². The number of imidazole rings is 1. The Labute approximate surface area is 234 Å². The monoisotopic (exact) mass is 527 g/mol. The average molecular weight is 528 g/mol. The predicted octanol–water partition coefficient (Wildman–Crippen LogP) is 7.77. The van der Waals surface area contributed by atoms with Gasteiger partial charge in [-0.15, -0.1) is 0 Å². The molecule has 1 heterocycles. The van der Waals surface area contributed by atoms with Crippen molar-refractivity contribution < 1.29 is 9.59 Å². The van der Waals surface area contributed by atoms with Gasteiger partial charge in [-0.25, -0.2) is 9.83 Å². The van der Waals surface area contributed by atoms with Gasteiger partial charge in [-0.3, -0.25) is 9.36 Å². The maximum Gasteiger partial charge on any atom is 0.238 e. The summed E-state index contributed by atoms with van der Waals surface area (Å²) in [7, 11) is 0. The Morgan fingerprint density at radius 2 is 1.77 bits per heavy atom. The van der Waals surface area contributed by atoms with E-state index in [1.807, 2.05) is 6.20 Å². The van der Waals surface area contributed by atoms with Crippen LogP contribution >= 0.6 is 0 Å².